The van der Waals surface area contributed by atoms with Crippen LogP contribution in [-0.4, -0.2) is 64.0 Å². The summed E-state index contributed by atoms with van der Waals surface area (Å²) in [5.74, 6) is 1.36. The second kappa shape index (κ2) is 9.63. The third-order valence-corrected chi connectivity index (χ3v) is 5.37. The van der Waals surface area contributed by atoms with Crippen molar-refractivity contribution in [2.24, 2.45) is 0 Å². The van der Waals surface area contributed by atoms with Crippen molar-refractivity contribution < 1.29 is 22.3 Å². The van der Waals surface area contributed by atoms with E-state index in [4.69, 9.17) is 0 Å². The van der Waals surface area contributed by atoms with Crippen molar-refractivity contribution in [2.75, 3.05) is 32.0 Å². The number of piperidine rings is 1. The summed E-state index contributed by atoms with van der Waals surface area (Å²) < 4.78 is 55.3. The van der Waals surface area contributed by atoms with Gasteiger partial charge in [0.05, 0.1) is 0 Å². The second-order valence-corrected chi connectivity index (χ2v) is 7.84. The summed E-state index contributed by atoms with van der Waals surface area (Å²) in [5, 5.41) is 2.88. The summed E-state index contributed by atoms with van der Waals surface area (Å²) in [6, 6.07) is 5.29. The van der Waals surface area contributed by atoms with Gasteiger partial charge in [0.1, 0.15) is 17.9 Å². The Morgan fingerprint density at radius 2 is 1.91 bits per heavy atom. The van der Waals surface area contributed by atoms with Gasteiger partial charge in [-0.15, -0.1) is 0 Å². The van der Waals surface area contributed by atoms with Gasteiger partial charge in [0.2, 0.25) is 5.95 Å². The first-order chi connectivity index (χ1) is 15.8. The number of rotatable bonds is 7. The zero-order valence-electron chi connectivity index (χ0n) is 18.0. The fourth-order valence-electron chi connectivity index (χ4n) is 3.71. The number of ether oxygens (including phenoxy) is 1. The van der Waals surface area contributed by atoms with E-state index >= 15 is 0 Å². The molecule has 3 heterocycles. The SMILES string of the molecule is CN1CC=C(c2ncnc(Nc3cccc(OC(F)(F)C(F)F)c3)n2)C=C1N1CCCCC1. The third kappa shape index (κ3) is 5.52. The molecule has 11 heteroatoms. The monoisotopic (exact) mass is 464 g/mol. The maximum Gasteiger partial charge on any atom is 0.461 e. The molecule has 0 aliphatic carbocycles. The van der Waals surface area contributed by atoms with Gasteiger partial charge in [0.15, 0.2) is 5.82 Å². The number of aromatic nitrogens is 3. The molecule has 1 N–H and O–H groups in total. The van der Waals surface area contributed by atoms with Crippen LogP contribution in [0.15, 0.2) is 48.6 Å². The van der Waals surface area contributed by atoms with Gasteiger partial charge >= 0.3 is 12.5 Å². The minimum Gasteiger partial charge on any atom is -0.428 e. The van der Waals surface area contributed by atoms with Crippen LogP contribution < -0.4 is 10.1 Å². The summed E-state index contributed by atoms with van der Waals surface area (Å²) in [6.45, 7) is 2.73. The maximum absolute atomic E-state index is 13.2. The lowest BCUT2D eigenvalue weighted by Gasteiger charge is -2.37. The molecular weight excluding hydrogens is 440 g/mol. The lowest BCUT2D eigenvalue weighted by Crippen LogP contribution is -2.38. The Kier molecular flexibility index (Phi) is 6.66. The van der Waals surface area contributed by atoms with E-state index < -0.39 is 18.3 Å². The highest BCUT2D eigenvalue weighted by molar-refractivity contribution is 5.72. The molecule has 33 heavy (non-hydrogen) atoms. The predicted octanol–water partition coefficient (Wildman–Crippen LogP) is 4.51. The highest BCUT2D eigenvalue weighted by atomic mass is 19.3. The molecular formula is C22H24F4N6O. The molecule has 0 saturated carbocycles. The number of allylic oxidation sites excluding steroid dienone is 2. The molecule has 4 rings (SSSR count). The molecule has 0 bridgehead atoms. The van der Waals surface area contributed by atoms with E-state index in [1.54, 1.807) is 6.07 Å². The largest absolute Gasteiger partial charge is 0.461 e. The standard InChI is InChI=1S/C22H24F4N6O/c1-31-11-8-15(12-18(31)32-9-3-2-4-10-32)19-27-14-28-21(30-19)29-16-6-5-7-17(13-16)33-22(25,26)20(23)24/h5-8,12-14,20H,2-4,9-11H2,1H3,(H,27,28,29,30). The Hall–Kier alpha value is -3.37. The number of nitrogens with zero attached hydrogens (tertiary/aromatic N) is 5. The van der Waals surface area contributed by atoms with Crippen molar-refractivity contribution in [3.05, 3.63) is 54.4 Å². The van der Waals surface area contributed by atoms with Crippen molar-refractivity contribution in [3.8, 4) is 5.75 Å². The maximum atomic E-state index is 13.2. The number of hydrogen-bond acceptors (Lipinski definition) is 7. The third-order valence-electron chi connectivity index (χ3n) is 5.37. The van der Waals surface area contributed by atoms with Crippen LogP contribution in [0.5, 0.6) is 5.75 Å². The number of alkyl halides is 4. The molecule has 0 spiro atoms. The first-order valence-corrected chi connectivity index (χ1v) is 10.6. The topological polar surface area (TPSA) is 66.4 Å². The molecule has 176 valence electrons. The lowest BCUT2D eigenvalue weighted by molar-refractivity contribution is -0.253. The number of likely N-dealkylation sites (tertiary alicyclic amines) is 1. The summed E-state index contributed by atoms with van der Waals surface area (Å²) in [6.07, 6.45) is 0.464. The van der Waals surface area contributed by atoms with Crippen molar-refractivity contribution in [1.29, 1.82) is 0 Å². The number of nitrogens with one attached hydrogen (secondary N) is 1. The summed E-state index contributed by atoms with van der Waals surface area (Å²) in [4.78, 5) is 17.3. The van der Waals surface area contributed by atoms with Crippen molar-refractivity contribution in [1.82, 2.24) is 24.8 Å². The summed E-state index contributed by atoms with van der Waals surface area (Å²) in [7, 11) is 2.04. The van der Waals surface area contributed by atoms with Crippen molar-refractivity contribution >= 4 is 17.2 Å². The molecule has 1 saturated heterocycles. The quantitative estimate of drug-likeness (QED) is 0.605. The Balaban J connectivity index is 1.51. The van der Waals surface area contributed by atoms with Gasteiger partial charge in [-0.05, 0) is 37.5 Å². The van der Waals surface area contributed by atoms with Crippen LogP contribution in [0.1, 0.15) is 25.1 Å². The Morgan fingerprint density at radius 3 is 2.67 bits per heavy atom. The molecule has 1 aromatic heterocycles. The van der Waals surface area contributed by atoms with Gasteiger partial charge in [-0.2, -0.15) is 22.5 Å². The van der Waals surface area contributed by atoms with Gasteiger partial charge in [-0.1, -0.05) is 12.1 Å². The highest BCUT2D eigenvalue weighted by Gasteiger charge is 2.44. The van der Waals surface area contributed by atoms with Crippen molar-refractivity contribution in [2.45, 2.75) is 31.8 Å². The zero-order valence-corrected chi connectivity index (χ0v) is 18.0. The van der Waals surface area contributed by atoms with E-state index in [9.17, 15) is 17.6 Å². The molecule has 1 fully saturated rings. The van der Waals surface area contributed by atoms with Gasteiger partial charge in [-0.25, -0.2) is 9.97 Å². The van der Waals surface area contributed by atoms with Crippen LogP contribution in [0.3, 0.4) is 0 Å². The first-order valence-electron chi connectivity index (χ1n) is 10.6. The van der Waals surface area contributed by atoms with Gasteiger partial charge in [0, 0.05) is 44.0 Å². The van der Waals surface area contributed by atoms with E-state index in [0.717, 1.165) is 43.4 Å². The molecule has 1 aromatic carbocycles. The zero-order chi connectivity index (χ0) is 23.4. The second-order valence-electron chi connectivity index (χ2n) is 7.84. The molecule has 0 amide bonds. The minimum atomic E-state index is -4.59. The molecule has 0 radical (unpaired) electrons. The molecule has 2 aliphatic rings. The van der Waals surface area contributed by atoms with Crippen LogP contribution in [0, 0.1) is 0 Å². The lowest BCUT2D eigenvalue weighted by atomic mass is 10.1. The molecule has 0 atom stereocenters. The van der Waals surface area contributed by atoms with Crippen LogP contribution in [0.2, 0.25) is 0 Å². The van der Waals surface area contributed by atoms with Crippen LogP contribution >= 0.6 is 0 Å². The van der Waals surface area contributed by atoms with Crippen LogP contribution in [0.4, 0.5) is 29.2 Å². The molecule has 2 aliphatic heterocycles. The van der Waals surface area contributed by atoms with Gasteiger partial charge in [-0.3, -0.25) is 0 Å². The number of halogens is 4. The highest BCUT2D eigenvalue weighted by Crippen LogP contribution is 2.30. The normalized spacial score (nSPS) is 17.0. The van der Waals surface area contributed by atoms with Crippen LogP contribution in [0.25, 0.3) is 5.57 Å². The molecule has 7 nitrogen and oxygen atoms in total. The number of benzene rings is 1. The Labute approximate surface area is 188 Å². The van der Waals surface area contributed by atoms with E-state index in [1.807, 2.05) is 13.1 Å². The number of likely N-dealkylation sites (N-methyl/N-ethyl adjacent to an activating group) is 1. The average molecular weight is 464 g/mol. The molecule has 2 aromatic rings. The fourth-order valence-corrected chi connectivity index (χ4v) is 3.71. The first kappa shape index (κ1) is 22.8. The fraction of sp³-hybridized carbons (Fsp3) is 0.409. The molecule has 0 unspecified atom stereocenters. The summed E-state index contributed by atoms with van der Waals surface area (Å²) >= 11 is 0. The van der Waals surface area contributed by atoms with E-state index in [0.29, 0.717) is 18.1 Å². The smallest absolute Gasteiger partial charge is 0.428 e. The van der Waals surface area contributed by atoms with Crippen molar-refractivity contribution in [3.63, 3.8) is 0 Å². The van der Waals surface area contributed by atoms with E-state index in [2.05, 4.69) is 40.9 Å². The number of anilines is 2. The van der Waals surface area contributed by atoms with Gasteiger partial charge in [0.25, 0.3) is 0 Å². The summed E-state index contributed by atoms with van der Waals surface area (Å²) in [5.41, 5.74) is 1.16. The Morgan fingerprint density at radius 1 is 1.12 bits per heavy atom. The minimum absolute atomic E-state index is 0.186. The van der Waals surface area contributed by atoms with E-state index in [1.165, 1.54) is 24.9 Å². The average Bonchev–Trinajstić information content (AvgIpc) is 2.80. The van der Waals surface area contributed by atoms with E-state index in [-0.39, 0.29) is 5.95 Å². The predicted molar refractivity (Wildman–Crippen MR) is 115 cm³/mol. The van der Waals surface area contributed by atoms with Gasteiger partial charge < -0.3 is 19.9 Å². The number of hydrogen-bond donors (Lipinski definition) is 1. The van der Waals surface area contributed by atoms with Crippen LogP contribution in [-0.2, 0) is 0 Å². The Bertz CT molecular complexity index is 1040.